The van der Waals surface area contributed by atoms with Crippen LogP contribution >= 0.6 is 0 Å². The number of nitrogens with zero attached hydrogens (tertiary/aromatic N) is 5. The molecule has 0 aliphatic carbocycles. The third-order valence-electron chi connectivity index (χ3n) is 4.14. The summed E-state index contributed by atoms with van der Waals surface area (Å²) in [4.78, 5) is 15.5. The predicted molar refractivity (Wildman–Crippen MR) is 98.3 cm³/mol. The molecule has 0 fully saturated rings. The van der Waals surface area contributed by atoms with Crippen LogP contribution in [0, 0.1) is 0 Å². The summed E-state index contributed by atoms with van der Waals surface area (Å²) >= 11 is 0. The summed E-state index contributed by atoms with van der Waals surface area (Å²) in [5.74, 6) is 1.81. The molecule has 0 aliphatic rings. The van der Waals surface area contributed by atoms with E-state index in [-0.39, 0.29) is 0 Å². The van der Waals surface area contributed by atoms with Gasteiger partial charge in [-0.25, -0.2) is 19.6 Å². The summed E-state index contributed by atoms with van der Waals surface area (Å²) in [5.41, 5.74) is 8.61. The van der Waals surface area contributed by atoms with Gasteiger partial charge in [0.25, 0.3) is 0 Å². The number of aromatic amines is 1. The number of H-pyrrole nitrogens is 1. The van der Waals surface area contributed by atoms with Crippen molar-refractivity contribution in [2.24, 2.45) is 0 Å². The van der Waals surface area contributed by atoms with Crippen molar-refractivity contribution in [3.63, 3.8) is 0 Å². The molecule has 3 aromatic heterocycles. The fraction of sp³-hybridized carbons (Fsp3) is 0.176. The molecule has 3 N–H and O–H groups in total. The summed E-state index contributed by atoms with van der Waals surface area (Å²) in [5, 5.41) is 5.30. The van der Waals surface area contributed by atoms with E-state index in [0.717, 1.165) is 0 Å². The van der Waals surface area contributed by atoms with E-state index >= 15 is 0 Å². The second kappa shape index (κ2) is 6.48. The van der Waals surface area contributed by atoms with Crippen molar-refractivity contribution in [3.05, 3.63) is 31.0 Å². The van der Waals surface area contributed by atoms with Crippen LogP contribution in [0.4, 0.5) is 5.82 Å². The van der Waals surface area contributed by atoms with Gasteiger partial charge in [0.05, 0.1) is 50.6 Å². The van der Waals surface area contributed by atoms with E-state index in [1.165, 1.54) is 6.33 Å². The molecular weight excluding hydrogens is 350 g/mol. The van der Waals surface area contributed by atoms with Gasteiger partial charge in [-0.05, 0) is 0 Å². The van der Waals surface area contributed by atoms with Gasteiger partial charge in [-0.2, -0.15) is 5.10 Å². The molecule has 0 unspecified atom stereocenters. The number of anilines is 1. The Morgan fingerprint density at radius 3 is 2.37 bits per heavy atom. The Morgan fingerprint density at radius 2 is 1.78 bits per heavy atom. The molecule has 0 saturated carbocycles. The number of benzene rings is 1. The predicted octanol–water partition coefficient (Wildman–Crippen LogP) is 1.81. The van der Waals surface area contributed by atoms with Crippen molar-refractivity contribution in [1.82, 2.24) is 29.7 Å². The molecule has 0 aliphatic heterocycles. The molecule has 27 heavy (non-hydrogen) atoms. The van der Waals surface area contributed by atoms with Crippen LogP contribution < -0.4 is 19.9 Å². The fourth-order valence-corrected chi connectivity index (χ4v) is 2.92. The first-order valence-electron chi connectivity index (χ1n) is 7.96. The van der Waals surface area contributed by atoms with E-state index in [0.29, 0.717) is 51.2 Å². The number of fused-ring (bicyclic) bond motifs is 1. The number of hydrogen-bond donors (Lipinski definition) is 2. The second-order valence-electron chi connectivity index (χ2n) is 5.57. The first-order chi connectivity index (χ1) is 13.2. The van der Waals surface area contributed by atoms with Gasteiger partial charge < -0.3 is 24.9 Å². The number of aromatic nitrogens is 6. The highest BCUT2D eigenvalue weighted by molar-refractivity contribution is 5.98. The number of nitrogen functional groups attached to an aromatic ring is 1. The first kappa shape index (κ1) is 16.6. The Bertz CT molecular complexity index is 1080. The molecule has 0 bridgehead atoms. The van der Waals surface area contributed by atoms with Gasteiger partial charge in [0.1, 0.15) is 17.8 Å². The van der Waals surface area contributed by atoms with Crippen LogP contribution in [0.5, 0.6) is 17.2 Å². The van der Waals surface area contributed by atoms with E-state index in [1.807, 2.05) is 0 Å². The zero-order chi connectivity index (χ0) is 19.0. The summed E-state index contributed by atoms with van der Waals surface area (Å²) in [6.45, 7) is 0. The van der Waals surface area contributed by atoms with E-state index in [9.17, 15) is 0 Å². The number of rotatable bonds is 5. The van der Waals surface area contributed by atoms with Gasteiger partial charge in [-0.15, -0.1) is 0 Å². The Morgan fingerprint density at radius 1 is 1.04 bits per heavy atom. The highest BCUT2D eigenvalue weighted by Gasteiger charge is 2.21. The van der Waals surface area contributed by atoms with Crippen molar-refractivity contribution in [1.29, 1.82) is 0 Å². The monoisotopic (exact) mass is 367 g/mol. The number of hydrogen-bond acceptors (Lipinski definition) is 8. The summed E-state index contributed by atoms with van der Waals surface area (Å²) in [6.07, 6.45) is 4.62. The maximum Gasteiger partial charge on any atom is 0.203 e. The third kappa shape index (κ3) is 2.58. The zero-order valence-corrected chi connectivity index (χ0v) is 14.9. The lowest BCUT2D eigenvalue weighted by atomic mass is 10.2. The van der Waals surface area contributed by atoms with Crippen molar-refractivity contribution >= 4 is 16.9 Å². The molecule has 1 aromatic carbocycles. The standard InChI is InChI=1S/C17H17N7O3/c1-25-11-4-9(5-12(26-2)15(11)27-3)24-17-13(16(18)21-8-22-17)14(23-24)10-6-19-7-20-10/h4-8H,1-3H3,(H,19,20)(H2,18,21,22). The van der Waals surface area contributed by atoms with Crippen molar-refractivity contribution in [2.45, 2.75) is 0 Å². The lowest BCUT2D eigenvalue weighted by Crippen LogP contribution is -2.02. The highest BCUT2D eigenvalue weighted by Crippen LogP contribution is 2.40. The Kier molecular flexibility index (Phi) is 3.99. The molecule has 10 heteroatoms. The zero-order valence-electron chi connectivity index (χ0n) is 14.9. The average molecular weight is 367 g/mol. The third-order valence-corrected chi connectivity index (χ3v) is 4.14. The summed E-state index contributed by atoms with van der Waals surface area (Å²) in [7, 11) is 4.66. The molecular formula is C17H17N7O3. The van der Waals surface area contributed by atoms with Crippen molar-refractivity contribution in [3.8, 4) is 34.3 Å². The van der Waals surface area contributed by atoms with Crippen LogP contribution in [-0.2, 0) is 0 Å². The Balaban J connectivity index is 2.02. The molecule has 0 atom stereocenters. The number of imidazole rings is 1. The maximum absolute atomic E-state index is 6.10. The summed E-state index contributed by atoms with van der Waals surface area (Å²) < 4.78 is 17.9. The number of ether oxygens (including phenoxy) is 3. The molecule has 3 heterocycles. The van der Waals surface area contributed by atoms with E-state index in [2.05, 4.69) is 25.0 Å². The molecule has 4 rings (SSSR count). The van der Waals surface area contributed by atoms with Gasteiger partial charge >= 0.3 is 0 Å². The van der Waals surface area contributed by atoms with Crippen molar-refractivity contribution < 1.29 is 14.2 Å². The van der Waals surface area contributed by atoms with Gasteiger partial charge in [0.2, 0.25) is 5.75 Å². The van der Waals surface area contributed by atoms with Crippen LogP contribution in [0.25, 0.3) is 28.1 Å². The van der Waals surface area contributed by atoms with Gasteiger partial charge in [0, 0.05) is 12.1 Å². The van der Waals surface area contributed by atoms with E-state index in [1.54, 1.807) is 50.7 Å². The van der Waals surface area contributed by atoms with Crippen LogP contribution in [0.15, 0.2) is 31.0 Å². The van der Waals surface area contributed by atoms with Crippen molar-refractivity contribution in [2.75, 3.05) is 27.1 Å². The Hall–Kier alpha value is -3.82. The molecule has 0 radical (unpaired) electrons. The lowest BCUT2D eigenvalue weighted by Gasteiger charge is -2.14. The molecule has 0 spiro atoms. The second-order valence-corrected chi connectivity index (χ2v) is 5.57. The smallest absolute Gasteiger partial charge is 0.203 e. The van der Waals surface area contributed by atoms with E-state index in [4.69, 9.17) is 19.9 Å². The molecule has 138 valence electrons. The minimum atomic E-state index is 0.322. The number of methoxy groups -OCH3 is 3. The first-order valence-corrected chi connectivity index (χ1v) is 7.96. The minimum Gasteiger partial charge on any atom is -0.493 e. The van der Waals surface area contributed by atoms with E-state index < -0.39 is 0 Å². The molecule has 10 nitrogen and oxygen atoms in total. The largest absolute Gasteiger partial charge is 0.493 e. The van der Waals surface area contributed by atoms with Crippen LogP contribution in [0.1, 0.15) is 0 Å². The van der Waals surface area contributed by atoms with Gasteiger partial charge in [0.15, 0.2) is 17.1 Å². The lowest BCUT2D eigenvalue weighted by molar-refractivity contribution is 0.324. The van der Waals surface area contributed by atoms with Crippen LogP contribution in [0.3, 0.4) is 0 Å². The topological polar surface area (TPSA) is 126 Å². The maximum atomic E-state index is 6.10. The SMILES string of the molecule is COc1cc(-n2nc(-c3cnc[nH]3)c3c(N)ncnc32)cc(OC)c1OC. The average Bonchev–Trinajstić information content (AvgIpc) is 3.35. The molecule has 4 aromatic rings. The van der Waals surface area contributed by atoms with Gasteiger partial charge in [-0.1, -0.05) is 0 Å². The quantitative estimate of drug-likeness (QED) is 0.547. The number of nitrogens with one attached hydrogen (secondary N) is 1. The molecule has 0 amide bonds. The highest BCUT2D eigenvalue weighted by atomic mass is 16.5. The Labute approximate surface area is 153 Å². The fourth-order valence-electron chi connectivity index (χ4n) is 2.92. The van der Waals surface area contributed by atoms with Crippen LogP contribution in [-0.4, -0.2) is 51.0 Å². The van der Waals surface area contributed by atoms with Crippen LogP contribution in [0.2, 0.25) is 0 Å². The molecule has 0 saturated heterocycles. The van der Waals surface area contributed by atoms with Gasteiger partial charge in [-0.3, -0.25) is 0 Å². The normalized spacial score (nSPS) is 10.9. The number of nitrogens with two attached hydrogens (primary N) is 1. The summed E-state index contributed by atoms with van der Waals surface area (Å²) in [6, 6.07) is 3.56. The minimum absolute atomic E-state index is 0.322.